The summed E-state index contributed by atoms with van der Waals surface area (Å²) in [7, 11) is 0. The van der Waals surface area contributed by atoms with Gasteiger partial charge in [-0.3, -0.25) is 0 Å². The molecule has 0 amide bonds. The van der Waals surface area contributed by atoms with Crippen LogP contribution in [0.25, 0.3) is 0 Å². The van der Waals surface area contributed by atoms with E-state index in [1.807, 2.05) is 0 Å². The molecule has 2 aliphatic rings. The van der Waals surface area contributed by atoms with Crippen LogP contribution in [0.4, 0.5) is 0 Å². The average molecular weight is 528 g/mol. The molecule has 0 saturated carbocycles. The predicted molar refractivity (Wildman–Crippen MR) is 8.17 cm³/mol. The number of fused-ring (bicyclic) bond motifs is 2. The second-order valence-electron chi connectivity index (χ2n) is 1.56. The van der Waals surface area contributed by atoms with E-state index in [0.717, 1.165) is 0 Å². The van der Waals surface area contributed by atoms with Crippen molar-refractivity contribution in [1.82, 2.24) is 0 Å². The third kappa shape index (κ3) is 2.47. The molecule has 0 atom stereocenters. The normalized spacial score (nSPS) is 47.7. The molecule has 0 spiro atoms. The molecule has 0 aromatic carbocycles. The molecule has 0 unspecified atom stereocenters. The Morgan fingerprint density at radius 2 is 1.08 bits per heavy atom. The van der Waals surface area contributed by atoms with Crippen LogP contribution in [-0.2, 0) is 94.2 Å². The predicted octanol–water partition coefficient (Wildman–Crippen LogP) is -0.827. The summed E-state index contributed by atoms with van der Waals surface area (Å²) in [6.45, 7) is 0. The van der Waals surface area contributed by atoms with E-state index in [4.69, 9.17) is 0 Å². The molecular weight excluding hydrogens is 528 g/mol. The number of hydrogen-bond acceptors (Lipinski definition) is 9. The van der Waals surface area contributed by atoms with Gasteiger partial charge in [-0.15, -0.1) is 0 Å². The molecular formula is Mo4O9. The Labute approximate surface area is 92.9 Å². The van der Waals surface area contributed by atoms with Crippen LogP contribution in [0.2, 0.25) is 0 Å². The molecule has 0 N–H and O–H groups in total. The Hall–Kier alpha value is 1.75. The Morgan fingerprint density at radius 1 is 0.769 bits per heavy atom. The van der Waals surface area contributed by atoms with Gasteiger partial charge in [-0.25, -0.2) is 0 Å². The van der Waals surface area contributed by atoms with Crippen molar-refractivity contribution < 1.29 is 94.2 Å². The van der Waals surface area contributed by atoms with Gasteiger partial charge in [0, 0.05) is 0 Å². The van der Waals surface area contributed by atoms with E-state index in [0.29, 0.717) is 0 Å². The van der Waals surface area contributed by atoms with Crippen LogP contribution >= 0.6 is 0 Å². The second kappa shape index (κ2) is 3.65. The maximum atomic E-state index is 11.3. The molecule has 0 aromatic heterocycles. The van der Waals surface area contributed by atoms with Crippen molar-refractivity contribution >= 4 is 0 Å². The quantitative estimate of drug-likeness (QED) is 0.373. The van der Waals surface area contributed by atoms with Crippen LogP contribution in [-0.4, -0.2) is 0 Å². The van der Waals surface area contributed by atoms with Crippen LogP contribution < -0.4 is 0 Å². The minimum absolute atomic E-state index is 3.82. The fraction of sp³-hybridized carbons (Fsp3) is 0. The molecule has 2 heterocycles. The zero-order valence-corrected chi connectivity index (χ0v) is 13.3. The van der Waals surface area contributed by atoms with E-state index < -0.39 is 70.4 Å². The van der Waals surface area contributed by atoms with Crippen molar-refractivity contribution in [3.63, 3.8) is 0 Å². The molecule has 13 heavy (non-hydrogen) atoms. The number of rotatable bonds is 0. The van der Waals surface area contributed by atoms with Crippen molar-refractivity contribution in [2.45, 2.75) is 0 Å². The average Bonchev–Trinajstić information content (AvgIpc) is 1.75. The molecule has 13 heteroatoms. The first kappa shape index (κ1) is 11.2. The van der Waals surface area contributed by atoms with Crippen LogP contribution in [0.1, 0.15) is 0 Å². The standard InChI is InChI=1S/4Mo.9O. The summed E-state index contributed by atoms with van der Waals surface area (Å²) in [6, 6.07) is 0. The summed E-state index contributed by atoms with van der Waals surface area (Å²) in [4.78, 5) is 0. The van der Waals surface area contributed by atoms with E-state index in [9.17, 15) is 13.6 Å². The van der Waals surface area contributed by atoms with Crippen LogP contribution in [0.5, 0.6) is 0 Å². The summed E-state index contributed by atoms with van der Waals surface area (Å²) in [5.41, 5.74) is 0. The van der Waals surface area contributed by atoms with Crippen molar-refractivity contribution in [3.8, 4) is 0 Å². The Balaban J connectivity index is 2.43. The molecule has 2 fully saturated rings. The summed E-state index contributed by atoms with van der Waals surface area (Å²) < 4.78 is 65.5. The molecule has 0 radical (unpaired) electrons. The minimum atomic E-state index is -5.03. The van der Waals surface area contributed by atoms with Gasteiger partial charge in [0.05, 0.1) is 0 Å². The van der Waals surface area contributed by atoms with Gasteiger partial charge < -0.3 is 0 Å². The van der Waals surface area contributed by atoms with Crippen molar-refractivity contribution in [2.24, 2.45) is 0 Å². The van der Waals surface area contributed by atoms with E-state index >= 15 is 0 Å². The first-order chi connectivity index (χ1) is 5.91. The van der Waals surface area contributed by atoms with Crippen molar-refractivity contribution in [2.75, 3.05) is 0 Å². The fourth-order valence-electron chi connectivity index (χ4n) is 0.465. The van der Waals surface area contributed by atoms with E-state index in [1.165, 1.54) is 0 Å². The van der Waals surface area contributed by atoms with Gasteiger partial charge in [-0.05, 0) is 0 Å². The summed E-state index contributed by atoms with van der Waals surface area (Å²) >= 11 is -17.7. The van der Waals surface area contributed by atoms with Gasteiger partial charge in [0.2, 0.25) is 0 Å². The maximum absolute atomic E-state index is 11.3. The molecule has 2 rings (SSSR count). The van der Waals surface area contributed by atoms with Gasteiger partial charge in [0.25, 0.3) is 0 Å². The van der Waals surface area contributed by atoms with Crippen LogP contribution in [0.3, 0.4) is 0 Å². The number of hydrogen-bond donors (Lipinski definition) is 0. The Kier molecular flexibility index (Phi) is 3.16. The van der Waals surface area contributed by atoms with Crippen molar-refractivity contribution in [3.05, 3.63) is 0 Å². The monoisotopic (exact) mass is 536 g/mol. The van der Waals surface area contributed by atoms with Gasteiger partial charge in [-0.2, -0.15) is 0 Å². The molecule has 0 aliphatic carbocycles. The topological polar surface area (TPSA) is 114 Å². The third-order valence-corrected chi connectivity index (χ3v) is 25.3. The fourth-order valence-corrected chi connectivity index (χ4v) is 31.9. The molecule has 78 valence electrons. The van der Waals surface area contributed by atoms with Gasteiger partial charge in [-0.1, -0.05) is 0 Å². The molecule has 9 nitrogen and oxygen atoms in total. The Morgan fingerprint density at radius 3 is 1.38 bits per heavy atom. The Bertz CT molecular complexity index is 317. The van der Waals surface area contributed by atoms with Gasteiger partial charge >= 0.3 is 94.2 Å². The van der Waals surface area contributed by atoms with Crippen molar-refractivity contribution in [1.29, 1.82) is 0 Å². The molecule has 2 aliphatic heterocycles. The van der Waals surface area contributed by atoms with E-state index in [1.54, 1.807) is 0 Å². The molecule has 2 bridgehead atoms. The van der Waals surface area contributed by atoms with Gasteiger partial charge in [0.15, 0.2) is 0 Å². The second-order valence-corrected chi connectivity index (χ2v) is 19.2. The third-order valence-electron chi connectivity index (χ3n) is 0.722. The summed E-state index contributed by atoms with van der Waals surface area (Å²) in [5, 5.41) is 0. The van der Waals surface area contributed by atoms with E-state index in [-0.39, 0.29) is 0 Å². The van der Waals surface area contributed by atoms with E-state index in [2.05, 4.69) is 10.2 Å². The zero-order chi connectivity index (χ0) is 9.69. The zero-order valence-electron chi connectivity index (χ0n) is 5.31. The first-order valence-electron chi connectivity index (χ1n) is 2.33. The summed E-state index contributed by atoms with van der Waals surface area (Å²) in [6.07, 6.45) is 0. The van der Waals surface area contributed by atoms with Gasteiger partial charge in [0.1, 0.15) is 0 Å². The van der Waals surface area contributed by atoms with Crippen LogP contribution in [0.15, 0.2) is 0 Å². The molecule has 2 saturated heterocycles. The first-order valence-corrected chi connectivity index (χ1v) is 13.8. The SMILES string of the molecule is [O]=[Mo]1[O][Mo]2(=[O])[O][Mo](=[O])[O][Mo](=[O])([O]1)[O]2. The molecule has 0 aromatic rings. The van der Waals surface area contributed by atoms with Crippen LogP contribution in [0, 0.1) is 0 Å². The summed E-state index contributed by atoms with van der Waals surface area (Å²) in [5.74, 6) is 0.